The number of β-amino-alcohol motifs (C(OH)–C–C–N with tert-alkyl or cyclic N) is 1. The summed E-state index contributed by atoms with van der Waals surface area (Å²) in [6.45, 7) is 9.06. The summed E-state index contributed by atoms with van der Waals surface area (Å²) in [6.07, 6.45) is 4.35. The van der Waals surface area contributed by atoms with Gasteiger partial charge in [0.2, 0.25) is 0 Å². The molecule has 138 valence electrons. The van der Waals surface area contributed by atoms with Crippen molar-refractivity contribution in [3.05, 3.63) is 30.1 Å². The average Bonchev–Trinajstić information content (AvgIpc) is 3.30. The molecule has 0 aliphatic carbocycles. The van der Waals surface area contributed by atoms with Gasteiger partial charge in [0, 0.05) is 38.1 Å². The van der Waals surface area contributed by atoms with Gasteiger partial charge in [0.15, 0.2) is 0 Å². The highest BCUT2D eigenvalue weighted by atomic mass is 16.3. The predicted octanol–water partition coefficient (Wildman–Crippen LogP) is 0.370. The maximum Gasteiger partial charge on any atom is 0.147 e. The van der Waals surface area contributed by atoms with Gasteiger partial charge in [0.1, 0.15) is 11.6 Å². The number of aliphatic hydroxyl groups excluding tert-OH is 1. The Morgan fingerprint density at radius 1 is 1.36 bits per heavy atom. The first-order valence-electron chi connectivity index (χ1n) is 9.03. The molecule has 0 saturated carbocycles. The number of rotatable bonds is 8. The van der Waals surface area contributed by atoms with Crippen LogP contribution >= 0.6 is 0 Å². The Morgan fingerprint density at radius 2 is 2.20 bits per heavy atom. The SMILES string of the molecule is CCn1c(C)nnc1CN(C)[C@@H]1CCN(C[C@H](O)Cn2cccn2)C1. The fourth-order valence-corrected chi connectivity index (χ4v) is 3.62. The normalized spacial score (nSPS) is 19.8. The summed E-state index contributed by atoms with van der Waals surface area (Å²) in [4.78, 5) is 4.70. The lowest BCUT2D eigenvalue weighted by Gasteiger charge is -2.25. The average molecular weight is 347 g/mol. The van der Waals surface area contributed by atoms with E-state index in [1.807, 2.05) is 19.2 Å². The van der Waals surface area contributed by atoms with E-state index in [9.17, 15) is 5.11 Å². The van der Waals surface area contributed by atoms with Crippen LogP contribution in [-0.2, 0) is 19.6 Å². The van der Waals surface area contributed by atoms with Crippen LogP contribution in [0.4, 0.5) is 0 Å². The Balaban J connectivity index is 1.48. The zero-order valence-electron chi connectivity index (χ0n) is 15.4. The van der Waals surface area contributed by atoms with Crippen LogP contribution in [0, 0.1) is 6.92 Å². The molecule has 0 radical (unpaired) electrons. The highest BCUT2D eigenvalue weighted by molar-refractivity contribution is 4.95. The van der Waals surface area contributed by atoms with Crippen LogP contribution in [0.25, 0.3) is 0 Å². The number of aromatic nitrogens is 5. The molecule has 0 aromatic carbocycles. The minimum Gasteiger partial charge on any atom is -0.390 e. The molecule has 3 heterocycles. The number of likely N-dealkylation sites (tertiary alicyclic amines) is 1. The van der Waals surface area contributed by atoms with Crippen molar-refractivity contribution in [3.8, 4) is 0 Å². The molecule has 8 heteroatoms. The van der Waals surface area contributed by atoms with E-state index in [-0.39, 0.29) is 0 Å². The van der Waals surface area contributed by atoms with Crippen molar-refractivity contribution in [2.75, 3.05) is 26.7 Å². The lowest BCUT2D eigenvalue weighted by Crippen LogP contribution is -2.38. The van der Waals surface area contributed by atoms with Crippen LogP contribution in [0.2, 0.25) is 0 Å². The molecule has 0 amide bonds. The third kappa shape index (κ3) is 4.45. The lowest BCUT2D eigenvalue weighted by atomic mass is 10.2. The second-order valence-electron chi connectivity index (χ2n) is 6.91. The van der Waals surface area contributed by atoms with Crippen molar-refractivity contribution in [2.24, 2.45) is 0 Å². The minimum absolute atomic E-state index is 0.394. The van der Waals surface area contributed by atoms with Gasteiger partial charge in [-0.05, 0) is 39.9 Å². The molecule has 1 saturated heterocycles. The molecule has 0 bridgehead atoms. The summed E-state index contributed by atoms with van der Waals surface area (Å²) in [6, 6.07) is 2.36. The van der Waals surface area contributed by atoms with E-state index < -0.39 is 6.10 Å². The molecular formula is C17H29N7O. The Labute approximate surface area is 149 Å². The van der Waals surface area contributed by atoms with Crippen LogP contribution in [0.1, 0.15) is 25.0 Å². The van der Waals surface area contributed by atoms with Crippen molar-refractivity contribution in [1.29, 1.82) is 0 Å². The molecule has 8 nitrogen and oxygen atoms in total. The second-order valence-corrected chi connectivity index (χ2v) is 6.91. The highest BCUT2D eigenvalue weighted by Gasteiger charge is 2.27. The topological polar surface area (TPSA) is 75.2 Å². The molecular weight excluding hydrogens is 318 g/mol. The van der Waals surface area contributed by atoms with E-state index in [1.54, 1.807) is 10.9 Å². The number of aliphatic hydroxyl groups is 1. The highest BCUT2D eigenvalue weighted by Crippen LogP contribution is 2.17. The molecule has 0 spiro atoms. The molecule has 1 aliphatic heterocycles. The molecule has 1 fully saturated rings. The standard InChI is InChI=1S/C17H29N7O/c1-4-24-14(2)19-20-17(24)13-21(3)15-6-9-22(10-15)11-16(25)12-23-8-5-7-18-23/h5,7-8,15-16,25H,4,6,9-13H2,1-3H3/t15-,16+/m1/s1. The minimum atomic E-state index is -0.394. The smallest absolute Gasteiger partial charge is 0.147 e. The number of likely N-dealkylation sites (N-methyl/N-ethyl adjacent to an activating group) is 1. The van der Waals surface area contributed by atoms with Gasteiger partial charge in [-0.1, -0.05) is 0 Å². The van der Waals surface area contributed by atoms with Gasteiger partial charge < -0.3 is 9.67 Å². The van der Waals surface area contributed by atoms with Gasteiger partial charge in [0.25, 0.3) is 0 Å². The Kier molecular flexibility index (Phi) is 5.82. The van der Waals surface area contributed by atoms with Gasteiger partial charge in [-0.25, -0.2) is 0 Å². The first-order valence-corrected chi connectivity index (χ1v) is 9.03. The van der Waals surface area contributed by atoms with Crippen molar-refractivity contribution in [1.82, 2.24) is 34.3 Å². The molecule has 2 aromatic rings. The van der Waals surface area contributed by atoms with Gasteiger partial charge in [0.05, 0.1) is 19.2 Å². The second kappa shape index (κ2) is 8.07. The summed E-state index contributed by atoms with van der Waals surface area (Å²) < 4.78 is 3.95. The third-order valence-corrected chi connectivity index (χ3v) is 5.02. The molecule has 0 unspecified atom stereocenters. The fraction of sp³-hybridized carbons (Fsp3) is 0.706. The molecule has 2 aromatic heterocycles. The van der Waals surface area contributed by atoms with Gasteiger partial charge in [-0.3, -0.25) is 14.5 Å². The van der Waals surface area contributed by atoms with Crippen molar-refractivity contribution >= 4 is 0 Å². The molecule has 25 heavy (non-hydrogen) atoms. The summed E-state index contributed by atoms with van der Waals surface area (Å²) in [5, 5.41) is 22.9. The largest absolute Gasteiger partial charge is 0.390 e. The van der Waals surface area contributed by atoms with Crippen molar-refractivity contribution in [3.63, 3.8) is 0 Å². The van der Waals surface area contributed by atoms with Crippen LogP contribution in [0.3, 0.4) is 0 Å². The quantitative estimate of drug-likeness (QED) is 0.744. The Morgan fingerprint density at radius 3 is 2.92 bits per heavy atom. The van der Waals surface area contributed by atoms with Crippen LogP contribution in [0.5, 0.6) is 0 Å². The number of aryl methyl sites for hydroxylation is 1. The van der Waals surface area contributed by atoms with Crippen molar-refractivity contribution in [2.45, 2.75) is 52.0 Å². The van der Waals surface area contributed by atoms with E-state index in [2.05, 4.69) is 43.6 Å². The van der Waals surface area contributed by atoms with E-state index in [4.69, 9.17) is 0 Å². The van der Waals surface area contributed by atoms with Crippen LogP contribution in [0.15, 0.2) is 18.5 Å². The summed E-state index contributed by atoms with van der Waals surface area (Å²) in [7, 11) is 2.15. The maximum atomic E-state index is 10.3. The zero-order chi connectivity index (χ0) is 17.8. The van der Waals surface area contributed by atoms with E-state index in [1.165, 1.54) is 0 Å². The maximum absolute atomic E-state index is 10.3. The summed E-state index contributed by atoms with van der Waals surface area (Å²) in [5.41, 5.74) is 0. The van der Waals surface area contributed by atoms with E-state index in [0.717, 1.165) is 44.2 Å². The Hall–Kier alpha value is -1.77. The van der Waals surface area contributed by atoms with Gasteiger partial charge >= 0.3 is 0 Å². The third-order valence-electron chi connectivity index (χ3n) is 5.02. The monoisotopic (exact) mass is 347 g/mol. The van der Waals surface area contributed by atoms with Gasteiger partial charge in [-0.2, -0.15) is 5.10 Å². The Bertz CT molecular complexity index is 654. The van der Waals surface area contributed by atoms with Gasteiger partial charge in [-0.15, -0.1) is 10.2 Å². The lowest BCUT2D eigenvalue weighted by molar-refractivity contribution is 0.101. The van der Waals surface area contributed by atoms with E-state index in [0.29, 0.717) is 19.1 Å². The number of hydrogen-bond acceptors (Lipinski definition) is 6. The number of hydrogen-bond donors (Lipinski definition) is 1. The fourth-order valence-electron chi connectivity index (χ4n) is 3.62. The predicted molar refractivity (Wildman–Crippen MR) is 95.0 cm³/mol. The van der Waals surface area contributed by atoms with Crippen molar-refractivity contribution < 1.29 is 5.11 Å². The zero-order valence-corrected chi connectivity index (χ0v) is 15.4. The summed E-state index contributed by atoms with van der Waals surface area (Å²) in [5.74, 6) is 2.00. The van der Waals surface area contributed by atoms with Crippen LogP contribution < -0.4 is 0 Å². The number of nitrogens with zero attached hydrogens (tertiary/aromatic N) is 7. The molecule has 1 aliphatic rings. The molecule has 2 atom stereocenters. The summed E-state index contributed by atoms with van der Waals surface area (Å²) >= 11 is 0. The van der Waals surface area contributed by atoms with Crippen LogP contribution in [-0.4, -0.2) is 78.3 Å². The first-order chi connectivity index (χ1) is 12.1. The first kappa shape index (κ1) is 18.0. The van der Waals surface area contributed by atoms with E-state index >= 15 is 0 Å². The molecule has 3 rings (SSSR count). The molecule has 1 N–H and O–H groups in total.